The first-order valence-electron chi connectivity index (χ1n) is 6.31. The number of alkyl carbamates (subject to hydrolysis) is 1. The first-order valence-corrected chi connectivity index (χ1v) is 7.12. The Morgan fingerprint density at radius 1 is 1.41 bits per heavy atom. The Balaban J connectivity index is 2.51. The van der Waals surface area contributed by atoms with Gasteiger partial charge >= 0.3 is 12.3 Å². The minimum Gasteiger partial charge on any atom is -0.444 e. The van der Waals surface area contributed by atoms with Crippen LogP contribution in [0.3, 0.4) is 0 Å². The van der Waals surface area contributed by atoms with Crippen LogP contribution in [0.2, 0.25) is 0 Å². The van der Waals surface area contributed by atoms with Gasteiger partial charge in [0.05, 0.1) is 11.4 Å². The molecule has 2 N–H and O–H groups in total. The minimum atomic E-state index is -4.40. The van der Waals surface area contributed by atoms with Crippen molar-refractivity contribution in [1.29, 1.82) is 0 Å². The summed E-state index contributed by atoms with van der Waals surface area (Å²) in [7, 11) is 0. The summed E-state index contributed by atoms with van der Waals surface area (Å²) in [6, 6.07) is 2.16. The van der Waals surface area contributed by atoms with E-state index >= 15 is 0 Å². The van der Waals surface area contributed by atoms with Gasteiger partial charge in [-0.3, -0.25) is 0 Å². The number of thiophene rings is 1. The number of aliphatic hydroxyl groups is 1. The van der Waals surface area contributed by atoms with Gasteiger partial charge in [-0.15, -0.1) is 11.3 Å². The zero-order chi connectivity index (χ0) is 17.0. The maximum absolute atomic E-state index is 12.4. The van der Waals surface area contributed by atoms with Crippen molar-refractivity contribution in [3.63, 3.8) is 0 Å². The standard InChI is InChI=1S/C14H16F3NO3S/c1-13(2,3)21-12(20)18-8-9(19)4-5-10-6-7-11(22-10)14(15,16)17/h6-7,9,19H,8H2,1-3H3,(H,18,20). The van der Waals surface area contributed by atoms with E-state index in [9.17, 15) is 23.1 Å². The van der Waals surface area contributed by atoms with Crippen LogP contribution >= 0.6 is 11.3 Å². The molecule has 0 aliphatic carbocycles. The Morgan fingerprint density at radius 2 is 2.05 bits per heavy atom. The normalized spacial score (nSPS) is 13.0. The zero-order valence-electron chi connectivity index (χ0n) is 12.2. The highest BCUT2D eigenvalue weighted by Crippen LogP contribution is 2.34. The summed E-state index contributed by atoms with van der Waals surface area (Å²) < 4.78 is 42.1. The number of ether oxygens (including phenoxy) is 1. The molecule has 1 atom stereocenters. The summed E-state index contributed by atoms with van der Waals surface area (Å²) in [6.45, 7) is 4.90. The number of halogens is 3. The summed E-state index contributed by atoms with van der Waals surface area (Å²) in [6.07, 6.45) is -6.31. The molecule has 1 aromatic heterocycles. The van der Waals surface area contributed by atoms with Crippen LogP contribution in [0.15, 0.2) is 12.1 Å². The summed E-state index contributed by atoms with van der Waals surface area (Å²) in [5.41, 5.74) is -0.661. The van der Waals surface area contributed by atoms with Crippen molar-refractivity contribution in [2.45, 2.75) is 38.7 Å². The van der Waals surface area contributed by atoms with Crippen LogP contribution in [0.1, 0.15) is 30.5 Å². The lowest BCUT2D eigenvalue weighted by molar-refractivity contribution is -0.134. The second kappa shape index (κ2) is 7.03. The Bertz CT molecular complexity index is 579. The fourth-order valence-electron chi connectivity index (χ4n) is 1.26. The summed E-state index contributed by atoms with van der Waals surface area (Å²) in [5.74, 6) is 4.80. The van der Waals surface area contributed by atoms with E-state index in [4.69, 9.17) is 4.74 Å². The van der Waals surface area contributed by atoms with Crippen LogP contribution < -0.4 is 5.32 Å². The molecular formula is C14H16F3NO3S. The molecule has 1 aromatic rings. The highest BCUT2D eigenvalue weighted by Gasteiger charge is 2.32. The lowest BCUT2D eigenvalue weighted by atomic mass is 10.2. The predicted octanol–water partition coefficient (Wildman–Crippen LogP) is 3.00. The van der Waals surface area contributed by atoms with Crippen LogP contribution in [0.5, 0.6) is 0 Å². The molecule has 1 heterocycles. The molecule has 0 aliphatic heterocycles. The van der Waals surface area contributed by atoms with Crippen molar-refractivity contribution < 1.29 is 27.8 Å². The van der Waals surface area contributed by atoms with E-state index in [1.165, 1.54) is 6.07 Å². The predicted molar refractivity (Wildman–Crippen MR) is 76.4 cm³/mol. The fourth-order valence-corrected chi connectivity index (χ4v) is 1.99. The van der Waals surface area contributed by atoms with Gasteiger partial charge in [0.15, 0.2) is 0 Å². The van der Waals surface area contributed by atoms with Gasteiger partial charge in [0, 0.05) is 0 Å². The van der Waals surface area contributed by atoms with Gasteiger partial charge in [0.1, 0.15) is 16.6 Å². The number of hydrogen-bond acceptors (Lipinski definition) is 4. The van der Waals surface area contributed by atoms with Crippen molar-refractivity contribution in [1.82, 2.24) is 5.32 Å². The van der Waals surface area contributed by atoms with Crippen molar-refractivity contribution in [2.24, 2.45) is 0 Å². The lowest BCUT2D eigenvalue weighted by Gasteiger charge is -2.19. The van der Waals surface area contributed by atoms with Crippen molar-refractivity contribution >= 4 is 17.4 Å². The van der Waals surface area contributed by atoms with Gasteiger partial charge in [0.25, 0.3) is 0 Å². The Kier molecular flexibility index (Phi) is 5.85. The largest absolute Gasteiger partial charge is 0.444 e. The van der Waals surface area contributed by atoms with Crippen LogP contribution in [0.25, 0.3) is 0 Å². The average Bonchev–Trinajstić information content (AvgIpc) is 2.80. The van der Waals surface area contributed by atoms with Gasteiger partial charge in [-0.05, 0) is 32.9 Å². The smallest absolute Gasteiger partial charge is 0.425 e. The van der Waals surface area contributed by atoms with E-state index in [0.29, 0.717) is 11.3 Å². The third kappa shape index (κ3) is 6.83. The monoisotopic (exact) mass is 335 g/mol. The maximum atomic E-state index is 12.4. The summed E-state index contributed by atoms with van der Waals surface area (Å²) in [4.78, 5) is 10.8. The first kappa shape index (κ1) is 18.3. The van der Waals surface area contributed by atoms with Gasteiger partial charge in [0.2, 0.25) is 0 Å². The van der Waals surface area contributed by atoms with E-state index in [0.717, 1.165) is 6.07 Å². The second-order valence-electron chi connectivity index (χ2n) is 5.33. The average molecular weight is 335 g/mol. The highest BCUT2D eigenvalue weighted by atomic mass is 32.1. The van der Waals surface area contributed by atoms with Gasteiger partial charge < -0.3 is 15.2 Å². The number of nitrogens with one attached hydrogen (secondary N) is 1. The molecule has 0 fully saturated rings. The lowest BCUT2D eigenvalue weighted by Crippen LogP contribution is -2.36. The number of carbonyl (C=O) groups is 1. The molecule has 1 rings (SSSR count). The highest BCUT2D eigenvalue weighted by molar-refractivity contribution is 7.12. The third-order valence-corrected chi connectivity index (χ3v) is 3.13. The van der Waals surface area contributed by atoms with E-state index in [-0.39, 0.29) is 11.4 Å². The molecule has 0 radical (unpaired) electrons. The molecule has 22 heavy (non-hydrogen) atoms. The fraction of sp³-hybridized carbons (Fsp3) is 0.500. The Hall–Kier alpha value is -1.72. The summed E-state index contributed by atoms with van der Waals surface area (Å²) >= 11 is 0.492. The number of amides is 1. The molecule has 0 bridgehead atoms. The molecule has 0 saturated heterocycles. The Morgan fingerprint density at radius 3 is 2.55 bits per heavy atom. The molecule has 0 spiro atoms. The Labute approximate surface area is 130 Å². The van der Waals surface area contributed by atoms with Gasteiger partial charge in [-0.2, -0.15) is 13.2 Å². The van der Waals surface area contributed by atoms with E-state index in [1.807, 2.05) is 0 Å². The van der Waals surface area contributed by atoms with Crippen LogP contribution in [0, 0.1) is 11.8 Å². The van der Waals surface area contributed by atoms with Crippen molar-refractivity contribution in [2.75, 3.05) is 6.54 Å². The first-order chi connectivity index (χ1) is 9.97. The zero-order valence-corrected chi connectivity index (χ0v) is 13.1. The van der Waals surface area contributed by atoms with Gasteiger partial charge in [-0.1, -0.05) is 11.8 Å². The quantitative estimate of drug-likeness (QED) is 0.817. The molecule has 4 nitrogen and oxygen atoms in total. The van der Waals surface area contributed by atoms with E-state index < -0.39 is 28.9 Å². The SMILES string of the molecule is CC(C)(C)OC(=O)NCC(O)C#Cc1ccc(C(F)(F)F)s1. The third-order valence-electron chi connectivity index (χ3n) is 2.09. The molecule has 1 unspecified atom stereocenters. The molecule has 0 aliphatic rings. The molecule has 0 saturated carbocycles. The number of carbonyl (C=O) groups excluding carboxylic acids is 1. The minimum absolute atomic E-state index is 0.181. The maximum Gasteiger partial charge on any atom is 0.425 e. The van der Waals surface area contributed by atoms with E-state index in [1.54, 1.807) is 20.8 Å². The molecule has 8 heteroatoms. The molecular weight excluding hydrogens is 319 g/mol. The number of aliphatic hydroxyl groups excluding tert-OH is 1. The number of hydrogen-bond donors (Lipinski definition) is 2. The van der Waals surface area contributed by atoms with Crippen molar-refractivity contribution in [3.05, 3.63) is 21.9 Å². The van der Waals surface area contributed by atoms with Crippen molar-refractivity contribution in [3.8, 4) is 11.8 Å². The molecule has 122 valence electrons. The van der Waals surface area contributed by atoms with Crippen LogP contribution in [-0.2, 0) is 10.9 Å². The topological polar surface area (TPSA) is 58.6 Å². The summed E-state index contributed by atoms with van der Waals surface area (Å²) in [5, 5.41) is 11.9. The molecule has 1 amide bonds. The molecule has 0 aromatic carbocycles. The second-order valence-corrected chi connectivity index (χ2v) is 6.41. The van der Waals surface area contributed by atoms with Gasteiger partial charge in [-0.25, -0.2) is 4.79 Å². The number of rotatable bonds is 2. The van der Waals surface area contributed by atoms with Crippen LogP contribution in [-0.4, -0.2) is 29.4 Å². The van der Waals surface area contributed by atoms with E-state index in [2.05, 4.69) is 17.2 Å². The van der Waals surface area contributed by atoms with Crippen LogP contribution in [0.4, 0.5) is 18.0 Å². The number of alkyl halides is 3.